The Labute approximate surface area is 101 Å². The molecule has 4 nitrogen and oxygen atoms in total. The van der Waals surface area contributed by atoms with E-state index in [1.54, 1.807) is 19.5 Å². The summed E-state index contributed by atoms with van der Waals surface area (Å²) in [5, 5.41) is 3.93. The molecule has 0 radical (unpaired) electrons. The maximum atomic E-state index is 5.96. The Morgan fingerprint density at radius 1 is 1.38 bits per heavy atom. The van der Waals surface area contributed by atoms with Crippen molar-refractivity contribution in [2.45, 2.75) is 6.54 Å². The van der Waals surface area contributed by atoms with Crippen molar-refractivity contribution in [3.05, 3.63) is 29.0 Å². The first kappa shape index (κ1) is 13.4. The molecule has 0 unspecified atom stereocenters. The van der Waals surface area contributed by atoms with E-state index in [1.807, 2.05) is 6.07 Å². The van der Waals surface area contributed by atoms with Gasteiger partial charge >= 0.3 is 0 Å². The normalized spacial score (nSPS) is 10.6. The zero-order valence-electron chi connectivity index (χ0n) is 9.41. The summed E-state index contributed by atoms with van der Waals surface area (Å²) in [5.74, 6) is 0. The molecular formula is C11H17ClN2O2. The lowest BCUT2D eigenvalue weighted by Crippen LogP contribution is -2.20. The number of halogens is 1. The quantitative estimate of drug-likeness (QED) is 0.704. The molecule has 1 aromatic heterocycles. The number of ether oxygens (including phenoxy) is 2. The van der Waals surface area contributed by atoms with Gasteiger partial charge in [0, 0.05) is 32.6 Å². The van der Waals surface area contributed by atoms with Gasteiger partial charge in [-0.3, -0.25) is 4.98 Å². The third-order valence-electron chi connectivity index (χ3n) is 2.03. The van der Waals surface area contributed by atoms with E-state index in [2.05, 4.69) is 10.3 Å². The standard InChI is InChI=1S/C11H17ClN2O2/c1-15-6-7-16-5-4-14-8-10-2-3-13-9-11(10)12/h2-3,9,14H,4-8H2,1H3. The van der Waals surface area contributed by atoms with Gasteiger partial charge in [0.2, 0.25) is 0 Å². The van der Waals surface area contributed by atoms with Crippen LogP contribution in [0.2, 0.25) is 5.02 Å². The number of hydrogen-bond donors (Lipinski definition) is 1. The van der Waals surface area contributed by atoms with Crippen LogP contribution in [0.3, 0.4) is 0 Å². The molecule has 90 valence electrons. The fraction of sp³-hybridized carbons (Fsp3) is 0.545. The average Bonchev–Trinajstić information content (AvgIpc) is 2.30. The van der Waals surface area contributed by atoms with Crippen LogP contribution in [0.1, 0.15) is 5.56 Å². The van der Waals surface area contributed by atoms with Crippen molar-refractivity contribution in [1.82, 2.24) is 10.3 Å². The first-order chi connectivity index (χ1) is 7.84. The largest absolute Gasteiger partial charge is 0.382 e. The van der Waals surface area contributed by atoms with Crippen molar-refractivity contribution in [3.63, 3.8) is 0 Å². The lowest BCUT2D eigenvalue weighted by Gasteiger charge is -2.06. The molecular weight excluding hydrogens is 228 g/mol. The molecule has 1 N–H and O–H groups in total. The minimum absolute atomic E-state index is 0.633. The second-order valence-corrected chi connectivity index (χ2v) is 3.66. The monoisotopic (exact) mass is 244 g/mol. The van der Waals surface area contributed by atoms with Crippen LogP contribution < -0.4 is 5.32 Å². The summed E-state index contributed by atoms with van der Waals surface area (Å²) >= 11 is 5.96. The highest BCUT2D eigenvalue weighted by atomic mass is 35.5. The Morgan fingerprint density at radius 2 is 2.25 bits per heavy atom. The van der Waals surface area contributed by atoms with Crippen molar-refractivity contribution < 1.29 is 9.47 Å². The van der Waals surface area contributed by atoms with Crippen LogP contribution in [0.4, 0.5) is 0 Å². The van der Waals surface area contributed by atoms with E-state index < -0.39 is 0 Å². The molecule has 0 aromatic carbocycles. The van der Waals surface area contributed by atoms with Crippen molar-refractivity contribution >= 4 is 11.6 Å². The molecule has 16 heavy (non-hydrogen) atoms. The summed E-state index contributed by atoms with van der Waals surface area (Å²) in [6.07, 6.45) is 3.38. The summed E-state index contributed by atoms with van der Waals surface area (Å²) in [5.41, 5.74) is 1.05. The van der Waals surface area contributed by atoms with E-state index in [1.165, 1.54) is 0 Å². The van der Waals surface area contributed by atoms with Crippen molar-refractivity contribution in [2.24, 2.45) is 0 Å². The first-order valence-electron chi connectivity index (χ1n) is 5.20. The fourth-order valence-corrected chi connectivity index (χ4v) is 1.35. The maximum Gasteiger partial charge on any atom is 0.0700 e. The summed E-state index contributed by atoms with van der Waals surface area (Å²) in [7, 11) is 1.66. The summed E-state index contributed by atoms with van der Waals surface area (Å²) < 4.78 is 10.2. The van der Waals surface area contributed by atoms with E-state index in [4.69, 9.17) is 21.1 Å². The zero-order valence-corrected chi connectivity index (χ0v) is 10.2. The number of pyridine rings is 1. The minimum Gasteiger partial charge on any atom is -0.382 e. The van der Waals surface area contributed by atoms with Gasteiger partial charge < -0.3 is 14.8 Å². The number of rotatable bonds is 8. The highest BCUT2D eigenvalue weighted by molar-refractivity contribution is 6.31. The lowest BCUT2D eigenvalue weighted by molar-refractivity contribution is 0.0719. The van der Waals surface area contributed by atoms with Crippen LogP contribution in [0.15, 0.2) is 18.5 Å². The van der Waals surface area contributed by atoms with Crippen LogP contribution in [-0.2, 0) is 16.0 Å². The molecule has 1 rings (SSSR count). The molecule has 0 fully saturated rings. The van der Waals surface area contributed by atoms with E-state index in [0.717, 1.165) is 18.7 Å². The Morgan fingerprint density at radius 3 is 3.00 bits per heavy atom. The lowest BCUT2D eigenvalue weighted by atomic mass is 10.3. The van der Waals surface area contributed by atoms with Gasteiger partial charge in [-0.05, 0) is 11.6 Å². The van der Waals surface area contributed by atoms with E-state index in [9.17, 15) is 0 Å². The molecule has 0 atom stereocenters. The van der Waals surface area contributed by atoms with Crippen LogP contribution in [0.25, 0.3) is 0 Å². The van der Waals surface area contributed by atoms with Crippen molar-refractivity contribution in [3.8, 4) is 0 Å². The minimum atomic E-state index is 0.633. The maximum absolute atomic E-state index is 5.96. The zero-order chi connectivity index (χ0) is 11.6. The third-order valence-corrected chi connectivity index (χ3v) is 2.37. The van der Waals surface area contributed by atoms with Crippen LogP contribution in [0, 0.1) is 0 Å². The molecule has 0 aliphatic heterocycles. The van der Waals surface area contributed by atoms with Gasteiger partial charge in [0.25, 0.3) is 0 Å². The van der Waals surface area contributed by atoms with Gasteiger partial charge in [-0.25, -0.2) is 0 Å². The molecule has 1 aromatic rings. The second-order valence-electron chi connectivity index (χ2n) is 3.25. The Bertz CT molecular complexity index is 297. The van der Waals surface area contributed by atoms with Gasteiger partial charge in [-0.1, -0.05) is 11.6 Å². The Hall–Kier alpha value is -0.680. The number of hydrogen-bond acceptors (Lipinski definition) is 4. The van der Waals surface area contributed by atoms with E-state index in [0.29, 0.717) is 24.8 Å². The molecule has 5 heteroatoms. The van der Waals surface area contributed by atoms with Crippen LogP contribution >= 0.6 is 11.6 Å². The number of methoxy groups -OCH3 is 1. The topological polar surface area (TPSA) is 43.4 Å². The summed E-state index contributed by atoms with van der Waals surface area (Å²) in [4.78, 5) is 3.92. The van der Waals surface area contributed by atoms with Crippen molar-refractivity contribution in [1.29, 1.82) is 0 Å². The number of aromatic nitrogens is 1. The molecule has 0 saturated carbocycles. The van der Waals surface area contributed by atoms with Gasteiger partial charge in [-0.15, -0.1) is 0 Å². The first-order valence-corrected chi connectivity index (χ1v) is 5.58. The SMILES string of the molecule is COCCOCCNCc1ccncc1Cl. The second kappa shape index (κ2) is 8.47. The Balaban J connectivity index is 2.05. The summed E-state index contributed by atoms with van der Waals surface area (Å²) in [6, 6.07) is 1.90. The van der Waals surface area contributed by atoms with Crippen molar-refractivity contribution in [2.75, 3.05) is 33.5 Å². The molecule has 0 amide bonds. The molecule has 0 aliphatic rings. The predicted octanol–water partition coefficient (Wildman–Crippen LogP) is 1.49. The molecule has 0 spiro atoms. The van der Waals surface area contributed by atoms with Gasteiger partial charge in [0.1, 0.15) is 0 Å². The van der Waals surface area contributed by atoms with E-state index >= 15 is 0 Å². The number of nitrogens with one attached hydrogen (secondary N) is 1. The highest BCUT2D eigenvalue weighted by Crippen LogP contribution is 2.12. The molecule has 1 heterocycles. The van der Waals surface area contributed by atoms with Gasteiger partial charge in [-0.2, -0.15) is 0 Å². The van der Waals surface area contributed by atoms with Crippen LogP contribution in [0.5, 0.6) is 0 Å². The molecule has 0 bridgehead atoms. The van der Waals surface area contributed by atoms with Crippen LogP contribution in [-0.4, -0.2) is 38.5 Å². The Kier molecular flexibility index (Phi) is 7.09. The highest BCUT2D eigenvalue weighted by Gasteiger charge is 1.98. The molecule has 0 aliphatic carbocycles. The smallest absolute Gasteiger partial charge is 0.0700 e. The average molecular weight is 245 g/mol. The fourth-order valence-electron chi connectivity index (χ4n) is 1.16. The van der Waals surface area contributed by atoms with Gasteiger partial charge in [0.05, 0.1) is 24.8 Å². The van der Waals surface area contributed by atoms with E-state index in [-0.39, 0.29) is 0 Å². The predicted molar refractivity (Wildman–Crippen MR) is 63.6 cm³/mol. The number of nitrogens with zero attached hydrogens (tertiary/aromatic N) is 1. The third kappa shape index (κ3) is 5.42. The molecule has 0 saturated heterocycles. The summed E-state index contributed by atoms with van der Waals surface area (Å²) in [6.45, 7) is 3.47. The van der Waals surface area contributed by atoms with Gasteiger partial charge in [0.15, 0.2) is 0 Å².